The summed E-state index contributed by atoms with van der Waals surface area (Å²) in [5, 5.41) is 2.39. The average Bonchev–Trinajstić information content (AvgIpc) is 2.56. The Morgan fingerprint density at radius 2 is 1.96 bits per heavy atom. The van der Waals surface area contributed by atoms with Crippen LogP contribution in [-0.2, 0) is 25.7 Å². The number of benzene rings is 1. The number of nitrogens with one attached hydrogen (secondary N) is 1. The number of nitrogens with two attached hydrogens (primary N) is 2. The Bertz CT molecular complexity index is 545. The molecule has 0 saturated heterocycles. The molecule has 1 rings (SSSR count). The van der Waals surface area contributed by atoms with Gasteiger partial charge in [0.2, 0.25) is 11.8 Å². The zero-order valence-corrected chi connectivity index (χ0v) is 13.6. The molecule has 0 fully saturated rings. The first-order valence-electron chi connectivity index (χ1n) is 7.40. The fourth-order valence-corrected chi connectivity index (χ4v) is 1.65. The summed E-state index contributed by atoms with van der Waals surface area (Å²) in [6.45, 7) is 1.61. The molecule has 0 saturated carbocycles. The molecule has 1 aromatic carbocycles. The van der Waals surface area contributed by atoms with Gasteiger partial charge in [-0.1, -0.05) is 30.3 Å². The number of amides is 2. The number of ether oxygens (including phenoxy) is 1. The third-order valence-electron chi connectivity index (χ3n) is 2.93. The van der Waals surface area contributed by atoms with Gasteiger partial charge in [0.15, 0.2) is 0 Å². The van der Waals surface area contributed by atoms with E-state index < -0.39 is 29.9 Å². The maximum atomic E-state index is 11.7. The van der Waals surface area contributed by atoms with Crippen LogP contribution in [0.4, 0.5) is 0 Å². The Hall–Kier alpha value is -2.12. The quantitative estimate of drug-likeness (QED) is 0.554. The number of primary amides is 1. The monoisotopic (exact) mass is 344 g/mol. The highest BCUT2D eigenvalue weighted by Gasteiger charge is 2.21. The molecule has 0 aliphatic rings. The minimum atomic E-state index is -0.984. The highest BCUT2D eigenvalue weighted by Crippen LogP contribution is 2.04. The Labute approximate surface area is 142 Å². The van der Waals surface area contributed by atoms with Crippen molar-refractivity contribution in [3.05, 3.63) is 35.9 Å². The van der Waals surface area contributed by atoms with Gasteiger partial charge in [-0.2, -0.15) is 0 Å². The van der Waals surface area contributed by atoms with E-state index in [9.17, 15) is 14.4 Å². The smallest absolute Gasteiger partial charge is 0.306 e. The molecule has 0 heterocycles. The van der Waals surface area contributed by atoms with Crippen LogP contribution in [0.15, 0.2) is 30.3 Å². The second-order valence-corrected chi connectivity index (χ2v) is 4.87. The van der Waals surface area contributed by atoms with E-state index in [2.05, 4.69) is 5.32 Å². The summed E-state index contributed by atoms with van der Waals surface area (Å²) in [7, 11) is 0. The normalized spacial score (nSPS) is 13.0. The van der Waals surface area contributed by atoms with Gasteiger partial charge in [-0.3, -0.25) is 14.4 Å². The van der Waals surface area contributed by atoms with Crippen molar-refractivity contribution in [2.75, 3.05) is 0 Å². The summed E-state index contributed by atoms with van der Waals surface area (Å²) < 4.78 is 12.0. The van der Waals surface area contributed by atoms with Gasteiger partial charge in [-0.15, -0.1) is 12.4 Å². The van der Waals surface area contributed by atoms with E-state index >= 15 is 0 Å². The molecule has 1 aromatic rings. The van der Waals surface area contributed by atoms with Crippen molar-refractivity contribution in [3.8, 4) is 0 Å². The summed E-state index contributed by atoms with van der Waals surface area (Å²) in [4.78, 5) is 34.6. The molecule has 0 radical (unpaired) electrons. The van der Waals surface area contributed by atoms with Crippen LogP contribution in [0.1, 0.15) is 25.3 Å². The fourth-order valence-electron chi connectivity index (χ4n) is 1.65. The van der Waals surface area contributed by atoms with E-state index in [1.165, 1.54) is 6.92 Å². The van der Waals surface area contributed by atoms with Crippen molar-refractivity contribution in [2.24, 2.45) is 11.5 Å². The predicted molar refractivity (Wildman–Crippen MR) is 87.5 cm³/mol. The van der Waals surface area contributed by atoms with Crippen LogP contribution in [0.2, 0.25) is 1.41 Å². The fraction of sp³-hybridized carbons (Fsp3) is 0.400. The number of carbonyl (C=O) groups is 3. The number of halogens is 1. The van der Waals surface area contributed by atoms with Gasteiger partial charge in [0.1, 0.15) is 14.1 Å². The molecule has 7 nitrogen and oxygen atoms in total. The second kappa shape index (κ2) is 10.6. The molecule has 0 aromatic heterocycles. The minimum absolute atomic E-state index is 0. The van der Waals surface area contributed by atoms with Crippen molar-refractivity contribution in [1.29, 1.82) is 0 Å². The lowest BCUT2D eigenvalue weighted by molar-refractivity contribution is -0.145. The summed E-state index contributed by atoms with van der Waals surface area (Å²) in [6.07, 6.45) is -0.0111. The average molecular weight is 345 g/mol. The number of esters is 1. The largest absolute Gasteiger partial charge is 0.461 e. The predicted octanol–water partition coefficient (Wildman–Crippen LogP) is 0.249. The van der Waals surface area contributed by atoms with Crippen molar-refractivity contribution >= 4 is 30.2 Å². The topological polar surface area (TPSA) is 125 Å². The second-order valence-electron chi connectivity index (χ2n) is 4.87. The molecular weight excluding hydrogens is 322 g/mol. The van der Waals surface area contributed by atoms with E-state index in [-0.39, 0.29) is 31.9 Å². The van der Waals surface area contributed by atoms with Crippen LogP contribution in [0.25, 0.3) is 0 Å². The SMILES string of the molecule is Cl.[2H]N[C@@H](C)C(=O)N[C@@H](CCC(=O)OCc1ccccc1)C(N)=O. The maximum absolute atomic E-state index is 11.7. The van der Waals surface area contributed by atoms with Crippen LogP contribution in [0, 0.1) is 0 Å². The third kappa shape index (κ3) is 8.18. The minimum Gasteiger partial charge on any atom is -0.461 e. The van der Waals surface area contributed by atoms with Gasteiger partial charge in [0, 0.05) is 6.42 Å². The van der Waals surface area contributed by atoms with Gasteiger partial charge in [-0.25, -0.2) is 0 Å². The maximum Gasteiger partial charge on any atom is 0.306 e. The van der Waals surface area contributed by atoms with Crippen LogP contribution in [0.5, 0.6) is 0 Å². The molecule has 5 N–H and O–H groups in total. The third-order valence-corrected chi connectivity index (χ3v) is 2.93. The van der Waals surface area contributed by atoms with Gasteiger partial charge in [0.05, 0.1) is 6.04 Å². The number of hydrogen-bond acceptors (Lipinski definition) is 5. The van der Waals surface area contributed by atoms with Crippen LogP contribution in [0.3, 0.4) is 0 Å². The summed E-state index contributed by atoms with van der Waals surface area (Å²) >= 11 is 0. The van der Waals surface area contributed by atoms with Gasteiger partial charge >= 0.3 is 5.97 Å². The lowest BCUT2D eigenvalue weighted by Crippen LogP contribution is -2.49. The lowest BCUT2D eigenvalue weighted by atomic mass is 10.1. The Morgan fingerprint density at radius 1 is 1.30 bits per heavy atom. The molecule has 2 amide bonds. The molecule has 0 unspecified atom stereocenters. The van der Waals surface area contributed by atoms with Crippen molar-refractivity contribution in [2.45, 2.75) is 38.5 Å². The molecule has 0 spiro atoms. The zero-order valence-electron chi connectivity index (χ0n) is 13.8. The van der Waals surface area contributed by atoms with Crippen molar-refractivity contribution in [1.82, 2.24) is 5.32 Å². The molecule has 0 aliphatic heterocycles. The Morgan fingerprint density at radius 3 is 2.52 bits per heavy atom. The Kier molecular flexibility index (Phi) is 8.71. The molecule has 0 aliphatic carbocycles. The first-order valence-corrected chi connectivity index (χ1v) is 6.90. The molecule has 8 heteroatoms. The molecular formula is C15H22ClN3O4. The highest BCUT2D eigenvalue weighted by molar-refractivity contribution is 5.89. The van der Waals surface area contributed by atoms with Gasteiger partial charge in [0.25, 0.3) is 0 Å². The standard InChI is InChI=1S/C15H21N3O4.ClH/c1-10(16)15(21)18-12(14(17)20)7-8-13(19)22-9-11-5-3-2-4-6-11;/h2-6,10,12H,7-9,16H2,1H3,(H2,17,20)(H,18,21);1H/t10-,12-;/m0./s1/i/hD. The van der Waals surface area contributed by atoms with E-state index in [0.29, 0.717) is 0 Å². The number of hydrogen-bond donors (Lipinski definition) is 3. The van der Waals surface area contributed by atoms with Gasteiger partial charge < -0.3 is 21.5 Å². The van der Waals surface area contributed by atoms with E-state index in [1.807, 2.05) is 36.1 Å². The first kappa shape index (κ1) is 18.9. The molecule has 2 atom stereocenters. The van der Waals surface area contributed by atoms with Crippen molar-refractivity contribution < 1.29 is 20.5 Å². The number of carbonyl (C=O) groups excluding carboxylic acids is 3. The molecule has 128 valence electrons. The number of rotatable bonds is 9. The van der Waals surface area contributed by atoms with E-state index in [4.69, 9.17) is 11.9 Å². The zero-order chi connectivity index (χ0) is 17.2. The first-order chi connectivity index (χ1) is 10.9. The van der Waals surface area contributed by atoms with E-state index in [0.717, 1.165) is 5.56 Å². The van der Waals surface area contributed by atoms with Crippen LogP contribution < -0.4 is 16.8 Å². The van der Waals surface area contributed by atoms with E-state index in [1.54, 1.807) is 0 Å². The summed E-state index contributed by atoms with van der Waals surface area (Å²) in [6, 6.07) is 7.42. The van der Waals surface area contributed by atoms with Crippen LogP contribution in [-0.4, -0.2) is 29.9 Å². The summed E-state index contributed by atoms with van der Waals surface area (Å²) in [5.41, 5.74) is 8.07. The van der Waals surface area contributed by atoms with Crippen molar-refractivity contribution in [3.63, 3.8) is 0 Å². The molecule has 0 bridgehead atoms. The molecule has 23 heavy (non-hydrogen) atoms. The summed E-state index contributed by atoms with van der Waals surface area (Å²) in [5.74, 6) is -1.77. The van der Waals surface area contributed by atoms with Crippen LogP contribution >= 0.6 is 12.4 Å². The lowest BCUT2D eigenvalue weighted by Gasteiger charge is -2.16. The highest BCUT2D eigenvalue weighted by atomic mass is 35.5. The van der Waals surface area contributed by atoms with Gasteiger partial charge in [-0.05, 0) is 18.9 Å². The Balaban J connectivity index is 0.00000529.